The Bertz CT molecular complexity index is 601. The molecule has 1 atom stereocenters. The van der Waals surface area contributed by atoms with E-state index in [-0.39, 0.29) is 6.04 Å². The zero-order valence-electron chi connectivity index (χ0n) is 11.5. The Balaban J connectivity index is 2.27. The van der Waals surface area contributed by atoms with Crippen molar-refractivity contribution in [2.24, 2.45) is 0 Å². The lowest BCUT2D eigenvalue weighted by Crippen LogP contribution is -2.10. The number of hydrogen-bond donors (Lipinski definition) is 1. The molecule has 20 heavy (non-hydrogen) atoms. The van der Waals surface area contributed by atoms with Crippen molar-refractivity contribution in [2.45, 2.75) is 33.0 Å². The molecule has 0 bridgehead atoms. The van der Waals surface area contributed by atoms with Crippen LogP contribution in [0.1, 0.15) is 34.5 Å². The van der Waals surface area contributed by atoms with Gasteiger partial charge in [-0.2, -0.15) is 13.2 Å². The number of anilines is 1. The molecule has 1 heterocycles. The van der Waals surface area contributed by atoms with Crippen LogP contribution in [-0.4, -0.2) is 0 Å². The number of nitrogens with one attached hydrogen (secondary N) is 1. The number of rotatable bonds is 3. The Morgan fingerprint density at radius 1 is 1.10 bits per heavy atom. The highest BCUT2D eigenvalue weighted by Crippen LogP contribution is 2.34. The van der Waals surface area contributed by atoms with Crippen molar-refractivity contribution in [2.75, 3.05) is 5.32 Å². The smallest absolute Gasteiger partial charge is 0.377 e. The van der Waals surface area contributed by atoms with Crippen LogP contribution in [0.4, 0.5) is 18.9 Å². The van der Waals surface area contributed by atoms with Crippen LogP contribution in [-0.2, 0) is 6.18 Å². The van der Waals surface area contributed by atoms with Gasteiger partial charge in [-0.25, -0.2) is 0 Å². The van der Waals surface area contributed by atoms with Gasteiger partial charge in [0.15, 0.2) is 0 Å². The van der Waals surface area contributed by atoms with Crippen LogP contribution in [0.5, 0.6) is 0 Å². The van der Waals surface area contributed by atoms with Gasteiger partial charge < -0.3 is 5.32 Å². The van der Waals surface area contributed by atoms with Crippen molar-refractivity contribution in [3.8, 4) is 0 Å². The van der Waals surface area contributed by atoms with Gasteiger partial charge in [-0.15, -0.1) is 11.3 Å². The minimum absolute atomic E-state index is 0.0165. The van der Waals surface area contributed by atoms with Gasteiger partial charge in [0.1, 0.15) is 0 Å². The summed E-state index contributed by atoms with van der Waals surface area (Å²) >= 11 is 1.61. The molecule has 1 unspecified atom stereocenters. The van der Waals surface area contributed by atoms with Crippen molar-refractivity contribution in [1.82, 2.24) is 0 Å². The van der Waals surface area contributed by atoms with E-state index in [1.165, 1.54) is 12.1 Å². The third-order valence-electron chi connectivity index (χ3n) is 3.23. The molecule has 0 radical (unpaired) electrons. The van der Waals surface area contributed by atoms with E-state index in [1.807, 2.05) is 25.3 Å². The average molecular weight is 299 g/mol. The number of thiophene rings is 1. The summed E-state index contributed by atoms with van der Waals surface area (Å²) in [6.45, 7) is 5.76. The highest BCUT2D eigenvalue weighted by molar-refractivity contribution is 7.10. The molecular weight excluding hydrogens is 283 g/mol. The largest absolute Gasteiger partial charge is 0.416 e. The normalized spacial score (nSPS) is 13.3. The Morgan fingerprint density at radius 2 is 1.80 bits per heavy atom. The first-order chi connectivity index (χ1) is 9.29. The zero-order chi connectivity index (χ0) is 14.9. The summed E-state index contributed by atoms with van der Waals surface area (Å²) in [7, 11) is 0. The van der Waals surface area contributed by atoms with Crippen LogP contribution in [0.25, 0.3) is 0 Å². The lowest BCUT2D eigenvalue weighted by molar-refractivity contribution is -0.137. The molecule has 2 aromatic rings. The monoisotopic (exact) mass is 299 g/mol. The summed E-state index contributed by atoms with van der Waals surface area (Å²) < 4.78 is 38.2. The van der Waals surface area contributed by atoms with Gasteiger partial charge in [0.2, 0.25) is 0 Å². The lowest BCUT2D eigenvalue weighted by Gasteiger charge is -2.18. The van der Waals surface area contributed by atoms with Crippen molar-refractivity contribution < 1.29 is 13.2 Å². The maximum atomic E-state index is 12.7. The molecule has 0 amide bonds. The molecule has 1 aromatic heterocycles. The number of benzene rings is 1. The minimum atomic E-state index is -4.31. The van der Waals surface area contributed by atoms with E-state index in [0.29, 0.717) is 5.69 Å². The third-order valence-corrected chi connectivity index (χ3v) is 4.43. The van der Waals surface area contributed by atoms with E-state index in [1.54, 1.807) is 18.3 Å². The molecule has 0 fully saturated rings. The summed E-state index contributed by atoms with van der Waals surface area (Å²) in [6, 6.07) is 5.78. The molecule has 0 aliphatic rings. The Labute approximate surface area is 120 Å². The molecular formula is C15H16F3NS. The van der Waals surface area contributed by atoms with E-state index < -0.39 is 11.7 Å². The quantitative estimate of drug-likeness (QED) is 0.782. The molecule has 1 N–H and O–H groups in total. The Kier molecular flexibility index (Phi) is 4.09. The van der Waals surface area contributed by atoms with Gasteiger partial charge in [-0.1, -0.05) is 6.07 Å². The van der Waals surface area contributed by atoms with E-state index in [4.69, 9.17) is 0 Å². The highest BCUT2D eigenvalue weighted by atomic mass is 32.1. The molecule has 0 saturated heterocycles. The minimum Gasteiger partial charge on any atom is -0.377 e. The second-order valence-corrected chi connectivity index (χ2v) is 5.81. The fourth-order valence-corrected chi connectivity index (χ4v) is 3.02. The topological polar surface area (TPSA) is 12.0 Å². The molecule has 0 spiro atoms. The summed E-state index contributed by atoms with van der Waals surface area (Å²) in [5.74, 6) is 0. The van der Waals surface area contributed by atoms with Crippen molar-refractivity contribution in [3.05, 3.63) is 51.2 Å². The molecule has 5 heteroatoms. The van der Waals surface area contributed by atoms with Crippen molar-refractivity contribution in [1.29, 1.82) is 0 Å². The van der Waals surface area contributed by atoms with Gasteiger partial charge in [0, 0.05) is 10.6 Å². The predicted molar refractivity (Wildman–Crippen MR) is 77.3 cm³/mol. The molecule has 1 aromatic carbocycles. The van der Waals surface area contributed by atoms with Gasteiger partial charge in [-0.3, -0.25) is 0 Å². The van der Waals surface area contributed by atoms with E-state index >= 15 is 0 Å². The van der Waals surface area contributed by atoms with Crippen LogP contribution in [0, 0.1) is 13.8 Å². The van der Waals surface area contributed by atoms with Crippen LogP contribution < -0.4 is 5.32 Å². The fraction of sp³-hybridized carbons (Fsp3) is 0.333. The fourth-order valence-electron chi connectivity index (χ4n) is 2.08. The first kappa shape index (κ1) is 14.9. The van der Waals surface area contributed by atoms with Gasteiger partial charge in [0.05, 0.1) is 11.6 Å². The molecule has 0 aliphatic heterocycles. The molecule has 0 saturated carbocycles. The maximum absolute atomic E-state index is 12.7. The summed E-state index contributed by atoms with van der Waals surface area (Å²) in [6.07, 6.45) is -4.31. The van der Waals surface area contributed by atoms with Gasteiger partial charge >= 0.3 is 6.18 Å². The maximum Gasteiger partial charge on any atom is 0.416 e. The summed E-state index contributed by atoms with van der Waals surface area (Å²) in [5, 5.41) is 5.16. The second-order valence-electron chi connectivity index (χ2n) is 4.86. The van der Waals surface area contributed by atoms with E-state index in [9.17, 15) is 13.2 Å². The number of halogens is 3. The third kappa shape index (κ3) is 3.15. The molecule has 108 valence electrons. The average Bonchev–Trinajstić information content (AvgIpc) is 2.77. The second kappa shape index (κ2) is 5.48. The van der Waals surface area contributed by atoms with Gasteiger partial charge in [-0.05, 0) is 55.5 Å². The molecule has 0 aliphatic carbocycles. The number of aryl methyl sites for hydroxylation is 2. The predicted octanol–water partition coefficient (Wildman–Crippen LogP) is 5.56. The number of hydrogen-bond acceptors (Lipinski definition) is 2. The van der Waals surface area contributed by atoms with Crippen molar-refractivity contribution >= 4 is 17.0 Å². The van der Waals surface area contributed by atoms with Gasteiger partial charge in [0.25, 0.3) is 0 Å². The lowest BCUT2D eigenvalue weighted by atomic mass is 10.1. The molecule has 1 nitrogen and oxygen atoms in total. The van der Waals surface area contributed by atoms with Crippen LogP contribution in [0.3, 0.4) is 0 Å². The standard InChI is InChI=1S/C15H16F3NS/c1-9-4-5-12(15(16,17)18)8-13(9)19-11(3)14-10(2)6-7-20-14/h4-8,11,19H,1-3H3. The Morgan fingerprint density at radius 3 is 2.35 bits per heavy atom. The Hall–Kier alpha value is -1.49. The van der Waals surface area contributed by atoms with Crippen LogP contribution >= 0.6 is 11.3 Å². The molecule has 2 rings (SSSR count). The first-order valence-electron chi connectivity index (χ1n) is 6.27. The van der Waals surface area contributed by atoms with E-state index in [2.05, 4.69) is 5.32 Å². The van der Waals surface area contributed by atoms with Crippen LogP contribution in [0.15, 0.2) is 29.6 Å². The van der Waals surface area contributed by atoms with Crippen LogP contribution in [0.2, 0.25) is 0 Å². The zero-order valence-corrected chi connectivity index (χ0v) is 12.3. The van der Waals surface area contributed by atoms with Crippen molar-refractivity contribution in [3.63, 3.8) is 0 Å². The number of alkyl halides is 3. The first-order valence-corrected chi connectivity index (χ1v) is 7.15. The summed E-state index contributed by atoms with van der Waals surface area (Å²) in [4.78, 5) is 1.14. The van der Waals surface area contributed by atoms with E-state index in [0.717, 1.165) is 22.1 Å². The summed E-state index contributed by atoms with van der Waals surface area (Å²) in [5.41, 5.74) is 1.86. The highest BCUT2D eigenvalue weighted by Gasteiger charge is 2.30. The SMILES string of the molecule is Cc1ccc(C(F)(F)F)cc1NC(C)c1sccc1C.